The number of anilines is 1. The number of halogens is 7. The SMILES string of the molecule is CC1C(=O)NC[C@@H]1C(=O)Nc1cc(-c2cc(F)cc(OC(C)(C)C(F)(F)F)c2)n(-c2cnc(C(F)(F)F)nc2)n1. The number of hydrogen-bond acceptors (Lipinski definition) is 6. The Kier molecular flexibility index (Phi) is 7.23. The van der Waals surface area contributed by atoms with Crippen LogP contribution in [0.3, 0.4) is 0 Å². The smallest absolute Gasteiger partial charge is 0.451 e. The van der Waals surface area contributed by atoms with E-state index in [0.717, 1.165) is 49.1 Å². The van der Waals surface area contributed by atoms with Crippen molar-refractivity contribution >= 4 is 17.6 Å². The van der Waals surface area contributed by atoms with E-state index in [1.54, 1.807) is 6.92 Å². The minimum absolute atomic E-state index is 0.0542. The maximum absolute atomic E-state index is 14.6. The normalized spacial score (nSPS) is 18.0. The van der Waals surface area contributed by atoms with Crippen molar-refractivity contribution in [2.24, 2.45) is 11.8 Å². The standard InChI is InChI=1S/C24H21F7N6O3/c1-11-16(10-32-19(11)38)20(39)35-18-7-17(37(36-18)14-8-33-21(34-9-14)23(26,27)28)12-4-13(25)6-15(5-12)40-22(2,3)24(29,30)31/h4-9,11,16H,10H2,1-3H3,(H,32,38)(H,35,36,39)/t11?,16-/m0/s1. The third-order valence-electron chi connectivity index (χ3n) is 6.17. The summed E-state index contributed by atoms with van der Waals surface area (Å²) >= 11 is 0. The second-order valence-electron chi connectivity index (χ2n) is 9.50. The van der Waals surface area contributed by atoms with Crippen molar-refractivity contribution in [2.45, 2.75) is 38.7 Å². The van der Waals surface area contributed by atoms with E-state index in [4.69, 9.17) is 4.74 Å². The molecule has 3 aromatic rings. The number of hydrogen-bond donors (Lipinski definition) is 2. The zero-order valence-corrected chi connectivity index (χ0v) is 21.0. The lowest BCUT2D eigenvalue weighted by Crippen LogP contribution is -2.44. The van der Waals surface area contributed by atoms with Gasteiger partial charge in [-0.2, -0.15) is 26.3 Å². The lowest BCUT2D eigenvalue weighted by Gasteiger charge is -2.29. The molecule has 0 aliphatic carbocycles. The van der Waals surface area contributed by atoms with E-state index in [9.17, 15) is 40.3 Å². The van der Waals surface area contributed by atoms with Crippen molar-refractivity contribution in [1.29, 1.82) is 0 Å². The molecule has 214 valence electrons. The van der Waals surface area contributed by atoms with Gasteiger partial charge in [-0.3, -0.25) is 9.59 Å². The zero-order valence-electron chi connectivity index (χ0n) is 21.0. The predicted molar refractivity (Wildman–Crippen MR) is 125 cm³/mol. The van der Waals surface area contributed by atoms with Crippen LogP contribution in [0.15, 0.2) is 36.7 Å². The Morgan fingerprint density at radius 2 is 1.73 bits per heavy atom. The fraction of sp³-hybridized carbons (Fsp3) is 0.375. The number of rotatable bonds is 6. The van der Waals surface area contributed by atoms with E-state index in [1.807, 2.05) is 0 Å². The van der Waals surface area contributed by atoms with Crippen LogP contribution >= 0.6 is 0 Å². The molecular formula is C24H21F7N6O3. The van der Waals surface area contributed by atoms with Gasteiger partial charge in [-0.05, 0) is 26.0 Å². The third kappa shape index (κ3) is 5.84. The molecule has 1 fully saturated rings. The molecule has 0 saturated carbocycles. The molecule has 40 heavy (non-hydrogen) atoms. The summed E-state index contributed by atoms with van der Waals surface area (Å²) in [5.41, 5.74) is -2.98. The van der Waals surface area contributed by atoms with Crippen molar-refractivity contribution in [3.8, 4) is 22.7 Å². The molecule has 1 unspecified atom stereocenters. The van der Waals surface area contributed by atoms with E-state index < -0.39 is 53.1 Å². The van der Waals surface area contributed by atoms with Crippen molar-refractivity contribution in [2.75, 3.05) is 11.9 Å². The molecular weight excluding hydrogens is 553 g/mol. The molecule has 0 bridgehead atoms. The highest BCUT2D eigenvalue weighted by molar-refractivity contribution is 5.98. The summed E-state index contributed by atoms with van der Waals surface area (Å²) < 4.78 is 99.5. The summed E-state index contributed by atoms with van der Waals surface area (Å²) in [5, 5.41) is 9.20. The van der Waals surface area contributed by atoms with Crippen molar-refractivity contribution < 1.29 is 45.1 Å². The van der Waals surface area contributed by atoms with E-state index in [2.05, 4.69) is 25.7 Å². The molecule has 2 aromatic heterocycles. The average Bonchev–Trinajstić information content (AvgIpc) is 3.40. The molecule has 3 heterocycles. The fourth-order valence-corrected chi connectivity index (χ4v) is 3.81. The third-order valence-corrected chi connectivity index (χ3v) is 6.17. The number of carbonyl (C=O) groups is 2. The Morgan fingerprint density at radius 1 is 1.07 bits per heavy atom. The van der Waals surface area contributed by atoms with E-state index >= 15 is 0 Å². The summed E-state index contributed by atoms with van der Waals surface area (Å²) in [6.07, 6.45) is -8.08. The van der Waals surface area contributed by atoms with E-state index in [-0.39, 0.29) is 35.2 Å². The highest BCUT2D eigenvalue weighted by Gasteiger charge is 2.50. The quantitative estimate of drug-likeness (QED) is 0.419. The van der Waals surface area contributed by atoms with Gasteiger partial charge >= 0.3 is 12.4 Å². The summed E-state index contributed by atoms with van der Waals surface area (Å²) in [4.78, 5) is 31.1. The van der Waals surface area contributed by atoms with E-state index in [1.165, 1.54) is 6.07 Å². The lowest BCUT2D eigenvalue weighted by atomic mass is 9.97. The summed E-state index contributed by atoms with van der Waals surface area (Å²) in [5.74, 6) is -5.40. The molecule has 4 rings (SSSR count). The van der Waals surface area contributed by atoms with Gasteiger partial charge in [0.1, 0.15) is 17.3 Å². The minimum Gasteiger partial charge on any atom is -0.478 e. The van der Waals surface area contributed by atoms with Crippen LogP contribution in [-0.4, -0.2) is 49.9 Å². The monoisotopic (exact) mass is 574 g/mol. The maximum Gasteiger partial charge on any atom is 0.451 e. The van der Waals surface area contributed by atoms with Crippen LogP contribution in [0.5, 0.6) is 5.75 Å². The van der Waals surface area contributed by atoms with Crippen LogP contribution in [0.1, 0.15) is 26.6 Å². The highest BCUT2D eigenvalue weighted by atomic mass is 19.4. The molecule has 1 aliphatic rings. The van der Waals surface area contributed by atoms with Gasteiger partial charge in [0.2, 0.25) is 17.6 Å². The molecule has 0 spiro atoms. The summed E-state index contributed by atoms with van der Waals surface area (Å²) in [6.45, 7) is 3.11. The van der Waals surface area contributed by atoms with Crippen LogP contribution in [0.2, 0.25) is 0 Å². The first-order valence-electron chi connectivity index (χ1n) is 11.6. The first kappa shape index (κ1) is 28.8. The second-order valence-corrected chi connectivity index (χ2v) is 9.50. The Hall–Kier alpha value is -4.24. The molecule has 1 aromatic carbocycles. The number of aromatic nitrogens is 4. The van der Waals surface area contributed by atoms with Crippen LogP contribution in [0, 0.1) is 17.7 Å². The Morgan fingerprint density at radius 3 is 2.27 bits per heavy atom. The number of nitrogens with one attached hydrogen (secondary N) is 2. The molecule has 9 nitrogen and oxygen atoms in total. The molecule has 1 saturated heterocycles. The van der Waals surface area contributed by atoms with Gasteiger partial charge < -0.3 is 15.4 Å². The van der Waals surface area contributed by atoms with Crippen molar-refractivity contribution in [3.63, 3.8) is 0 Å². The number of nitrogens with zero attached hydrogens (tertiary/aromatic N) is 4. The number of ether oxygens (including phenoxy) is 1. The summed E-state index contributed by atoms with van der Waals surface area (Å²) in [7, 11) is 0. The molecule has 2 amide bonds. The van der Waals surface area contributed by atoms with Crippen molar-refractivity contribution in [3.05, 3.63) is 48.3 Å². The van der Waals surface area contributed by atoms with Gasteiger partial charge in [-0.1, -0.05) is 6.92 Å². The minimum atomic E-state index is -4.84. The number of benzene rings is 1. The van der Waals surface area contributed by atoms with Crippen LogP contribution < -0.4 is 15.4 Å². The molecule has 2 atom stereocenters. The largest absolute Gasteiger partial charge is 0.478 e. The number of alkyl halides is 6. The van der Waals surface area contributed by atoms with Crippen LogP contribution in [-0.2, 0) is 15.8 Å². The van der Waals surface area contributed by atoms with Crippen LogP contribution in [0.25, 0.3) is 16.9 Å². The number of carbonyl (C=O) groups excluding carboxylic acids is 2. The lowest BCUT2D eigenvalue weighted by molar-refractivity contribution is -0.234. The molecule has 0 radical (unpaired) electrons. The molecule has 1 aliphatic heterocycles. The predicted octanol–water partition coefficient (Wildman–Crippen LogP) is 4.53. The Labute approximate surface area is 221 Å². The fourth-order valence-electron chi connectivity index (χ4n) is 3.81. The van der Waals surface area contributed by atoms with Gasteiger partial charge in [0.15, 0.2) is 11.4 Å². The number of amides is 2. The highest BCUT2D eigenvalue weighted by Crippen LogP contribution is 2.37. The first-order chi connectivity index (χ1) is 18.5. The van der Waals surface area contributed by atoms with Gasteiger partial charge in [0.05, 0.1) is 24.0 Å². The van der Waals surface area contributed by atoms with Crippen LogP contribution in [0.4, 0.5) is 36.6 Å². The maximum atomic E-state index is 14.6. The average molecular weight is 574 g/mol. The molecule has 2 N–H and O–H groups in total. The topological polar surface area (TPSA) is 111 Å². The summed E-state index contributed by atoms with van der Waals surface area (Å²) in [6, 6.07) is 3.95. The Balaban J connectivity index is 1.77. The Bertz CT molecular complexity index is 1430. The first-order valence-corrected chi connectivity index (χ1v) is 11.6. The van der Waals surface area contributed by atoms with Crippen molar-refractivity contribution in [1.82, 2.24) is 25.1 Å². The zero-order chi connectivity index (χ0) is 29.6. The van der Waals surface area contributed by atoms with Gasteiger partial charge in [-0.15, -0.1) is 5.10 Å². The van der Waals surface area contributed by atoms with E-state index in [0.29, 0.717) is 0 Å². The second kappa shape index (κ2) is 10.1. The van der Waals surface area contributed by atoms with Gasteiger partial charge in [0, 0.05) is 30.2 Å². The molecule has 16 heteroatoms. The van der Waals surface area contributed by atoms with Gasteiger partial charge in [-0.25, -0.2) is 19.0 Å². The van der Waals surface area contributed by atoms with Gasteiger partial charge in [0.25, 0.3) is 0 Å².